The summed E-state index contributed by atoms with van der Waals surface area (Å²) in [5.74, 6) is 0.440. The lowest BCUT2D eigenvalue weighted by Gasteiger charge is -2.33. The maximum atomic E-state index is 12.8. The number of aromatic nitrogens is 2. The molecule has 1 aromatic carbocycles. The molecule has 0 aliphatic carbocycles. The molecule has 0 spiro atoms. The van der Waals surface area contributed by atoms with E-state index >= 15 is 0 Å². The van der Waals surface area contributed by atoms with E-state index in [-0.39, 0.29) is 5.91 Å². The minimum absolute atomic E-state index is 0.0199. The summed E-state index contributed by atoms with van der Waals surface area (Å²) in [6.45, 7) is 10.4. The molecular formula is C19H25N5O. The third kappa shape index (κ3) is 4.33. The molecule has 1 aromatic heterocycles. The molecule has 2 heterocycles. The summed E-state index contributed by atoms with van der Waals surface area (Å²) in [4.78, 5) is 25.9. The van der Waals surface area contributed by atoms with Crippen molar-refractivity contribution in [2.75, 3.05) is 38.0 Å². The van der Waals surface area contributed by atoms with Crippen molar-refractivity contribution in [2.24, 2.45) is 0 Å². The number of hydrogen-bond donors (Lipinski definition) is 1. The number of aryl methyl sites for hydroxylation is 2. The van der Waals surface area contributed by atoms with Crippen molar-refractivity contribution in [3.05, 3.63) is 47.3 Å². The van der Waals surface area contributed by atoms with E-state index in [0.717, 1.165) is 49.7 Å². The minimum atomic E-state index is -0.0199. The first-order valence-electron chi connectivity index (χ1n) is 8.76. The molecule has 3 rings (SSSR count). The third-order valence-electron chi connectivity index (χ3n) is 4.45. The number of likely N-dealkylation sites (N-methyl/N-ethyl adjacent to an activating group) is 1. The molecule has 6 nitrogen and oxygen atoms in total. The molecular weight excluding hydrogens is 314 g/mol. The van der Waals surface area contributed by atoms with Crippen molar-refractivity contribution >= 4 is 17.5 Å². The van der Waals surface area contributed by atoms with Crippen molar-refractivity contribution < 1.29 is 4.79 Å². The van der Waals surface area contributed by atoms with Crippen molar-refractivity contribution in [2.45, 2.75) is 20.8 Å². The average Bonchev–Trinajstić information content (AvgIpc) is 2.60. The van der Waals surface area contributed by atoms with E-state index < -0.39 is 0 Å². The van der Waals surface area contributed by atoms with E-state index in [2.05, 4.69) is 27.1 Å². The first kappa shape index (κ1) is 17.4. The van der Waals surface area contributed by atoms with E-state index in [9.17, 15) is 4.79 Å². The molecule has 1 N–H and O–H groups in total. The molecule has 0 saturated carbocycles. The largest absolute Gasteiger partial charge is 0.335 e. The fraction of sp³-hybridized carbons (Fsp3) is 0.421. The van der Waals surface area contributed by atoms with Gasteiger partial charge in [0.1, 0.15) is 5.69 Å². The summed E-state index contributed by atoms with van der Waals surface area (Å²) >= 11 is 0. The molecule has 6 heteroatoms. The lowest BCUT2D eigenvalue weighted by molar-refractivity contribution is 0.0637. The van der Waals surface area contributed by atoms with E-state index in [1.54, 1.807) is 6.07 Å². The SMILES string of the molecule is CCN1CCN(C(=O)c2cc(C)nc(Nc3cccc(C)c3)n2)CC1. The van der Waals surface area contributed by atoms with Crippen LogP contribution in [0, 0.1) is 13.8 Å². The van der Waals surface area contributed by atoms with E-state index in [4.69, 9.17) is 0 Å². The Morgan fingerprint density at radius 1 is 1.12 bits per heavy atom. The second-order valence-corrected chi connectivity index (χ2v) is 6.44. The molecule has 0 unspecified atom stereocenters. The molecule has 1 amide bonds. The van der Waals surface area contributed by atoms with Crippen LogP contribution in [0.25, 0.3) is 0 Å². The topological polar surface area (TPSA) is 61.4 Å². The predicted molar refractivity (Wildman–Crippen MR) is 99.2 cm³/mol. The zero-order valence-corrected chi connectivity index (χ0v) is 15.1. The summed E-state index contributed by atoms with van der Waals surface area (Å²) in [5.41, 5.74) is 3.30. The zero-order chi connectivity index (χ0) is 17.8. The van der Waals surface area contributed by atoms with Gasteiger partial charge in [0.2, 0.25) is 5.95 Å². The Balaban J connectivity index is 1.76. The van der Waals surface area contributed by atoms with Crippen LogP contribution in [0.4, 0.5) is 11.6 Å². The summed E-state index contributed by atoms with van der Waals surface area (Å²) < 4.78 is 0. The molecule has 25 heavy (non-hydrogen) atoms. The maximum absolute atomic E-state index is 12.8. The van der Waals surface area contributed by atoms with Gasteiger partial charge in [-0.1, -0.05) is 19.1 Å². The Morgan fingerprint density at radius 3 is 2.56 bits per heavy atom. The molecule has 1 fully saturated rings. The Labute approximate surface area is 148 Å². The maximum Gasteiger partial charge on any atom is 0.272 e. The Morgan fingerprint density at radius 2 is 1.88 bits per heavy atom. The van der Waals surface area contributed by atoms with E-state index in [1.165, 1.54) is 0 Å². The second-order valence-electron chi connectivity index (χ2n) is 6.44. The molecule has 0 radical (unpaired) electrons. The smallest absolute Gasteiger partial charge is 0.272 e. The standard InChI is InChI=1S/C19H25N5O/c1-4-23-8-10-24(11-9-23)18(25)17-13-15(3)20-19(22-17)21-16-7-5-6-14(2)12-16/h5-7,12-13H,4,8-11H2,1-3H3,(H,20,21,22). The van der Waals surface area contributed by atoms with Gasteiger partial charge in [-0.3, -0.25) is 4.79 Å². The number of amides is 1. The van der Waals surface area contributed by atoms with E-state index in [0.29, 0.717) is 11.6 Å². The lowest BCUT2D eigenvalue weighted by Crippen LogP contribution is -2.48. The Hall–Kier alpha value is -2.47. The number of carbonyl (C=O) groups is 1. The number of benzene rings is 1. The van der Waals surface area contributed by atoms with Crippen LogP contribution < -0.4 is 5.32 Å². The van der Waals surface area contributed by atoms with Crippen molar-refractivity contribution in [1.29, 1.82) is 0 Å². The first-order chi connectivity index (χ1) is 12.0. The number of carbonyl (C=O) groups excluding carboxylic acids is 1. The molecule has 0 atom stereocenters. The van der Waals surface area contributed by atoms with Gasteiger partial charge in [0.05, 0.1) is 0 Å². The van der Waals surface area contributed by atoms with Crippen molar-refractivity contribution in [3.8, 4) is 0 Å². The monoisotopic (exact) mass is 339 g/mol. The van der Waals surface area contributed by atoms with Crippen LogP contribution in [0.3, 0.4) is 0 Å². The first-order valence-corrected chi connectivity index (χ1v) is 8.76. The van der Waals surface area contributed by atoms with Gasteiger partial charge in [0, 0.05) is 37.6 Å². The van der Waals surface area contributed by atoms with Gasteiger partial charge < -0.3 is 15.1 Å². The van der Waals surface area contributed by atoms with Gasteiger partial charge in [-0.15, -0.1) is 0 Å². The molecule has 1 aliphatic rings. The van der Waals surface area contributed by atoms with Gasteiger partial charge in [-0.05, 0) is 44.2 Å². The normalized spacial score (nSPS) is 15.2. The van der Waals surface area contributed by atoms with Gasteiger partial charge in [0.25, 0.3) is 5.91 Å². The Kier molecular flexibility index (Phi) is 5.28. The average molecular weight is 339 g/mol. The van der Waals surface area contributed by atoms with Crippen LogP contribution in [0.1, 0.15) is 28.7 Å². The Bertz CT molecular complexity index is 753. The fourth-order valence-corrected chi connectivity index (χ4v) is 3.02. The third-order valence-corrected chi connectivity index (χ3v) is 4.45. The van der Waals surface area contributed by atoms with Crippen LogP contribution in [-0.4, -0.2) is 58.4 Å². The minimum Gasteiger partial charge on any atom is -0.335 e. The summed E-state index contributed by atoms with van der Waals surface area (Å²) in [6.07, 6.45) is 0. The van der Waals surface area contributed by atoms with E-state index in [1.807, 2.05) is 43.0 Å². The van der Waals surface area contributed by atoms with Crippen LogP contribution in [-0.2, 0) is 0 Å². The summed E-state index contributed by atoms with van der Waals surface area (Å²) in [5, 5.41) is 3.20. The van der Waals surface area contributed by atoms with Crippen molar-refractivity contribution in [1.82, 2.24) is 19.8 Å². The van der Waals surface area contributed by atoms with Gasteiger partial charge >= 0.3 is 0 Å². The van der Waals surface area contributed by atoms with Crippen LogP contribution >= 0.6 is 0 Å². The highest BCUT2D eigenvalue weighted by molar-refractivity contribution is 5.92. The number of nitrogens with zero attached hydrogens (tertiary/aromatic N) is 4. The van der Waals surface area contributed by atoms with Crippen molar-refractivity contribution in [3.63, 3.8) is 0 Å². The summed E-state index contributed by atoms with van der Waals surface area (Å²) in [7, 11) is 0. The molecule has 2 aromatic rings. The van der Waals surface area contributed by atoms with Crippen LogP contribution in [0.15, 0.2) is 30.3 Å². The highest BCUT2D eigenvalue weighted by Gasteiger charge is 2.23. The predicted octanol–water partition coefficient (Wildman–Crippen LogP) is 2.61. The highest BCUT2D eigenvalue weighted by Crippen LogP contribution is 2.16. The van der Waals surface area contributed by atoms with Crippen LogP contribution in [0.5, 0.6) is 0 Å². The summed E-state index contributed by atoms with van der Waals surface area (Å²) in [6, 6.07) is 9.76. The number of nitrogens with one attached hydrogen (secondary N) is 1. The molecule has 0 bridgehead atoms. The number of anilines is 2. The number of piperazine rings is 1. The number of rotatable bonds is 4. The lowest BCUT2D eigenvalue weighted by atomic mass is 10.2. The van der Waals surface area contributed by atoms with Gasteiger partial charge in [0.15, 0.2) is 0 Å². The van der Waals surface area contributed by atoms with Gasteiger partial charge in [-0.25, -0.2) is 9.97 Å². The zero-order valence-electron chi connectivity index (χ0n) is 15.1. The fourth-order valence-electron chi connectivity index (χ4n) is 3.02. The molecule has 1 saturated heterocycles. The van der Waals surface area contributed by atoms with Gasteiger partial charge in [-0.2, -0.15) is 0 Å². The molecule has 132 valence electrons. The highest BCUT2D eigenvalue weighted by atomic mass is 16.2. The van der Waals surface area contributed by atoms with Crippen LogP contribution in [0.2, 0.25) is 0 Å². The quantitative estimate of drug-likeness (QED) is 0.928. The molecule has 1 aliphatic heterocycles. The second kappa shape index (κ2) is 7.61. The number of hydrogen-bond acceptors (Lipinski definition) is 5.